The van der Waals surface area contributed by atoms with E-state index in [-0.39, 0.29) is 17.4 Å². The van der Waals surface area contributed by atoms with Crippen molar-refractivity contribution in [3.8, 4) is 5.75 Å². The van der Waals surface area contributed by atoms with Crippen molar-refractivity contribution in [2.45, 2.75) is 44.8 Å². The highest BCUT2D eigenvalue weighted by Crippen LogP contribution is 2.37. The molecule has 0 aromatic heterocycles. The van der Waals surface area contributed by atoms with Crippen molar-refractivity contribution < 1.29 is 31.8 Å². The molecular formula is C13H15F5O2. The van der Waals surface area contributed by atoms with Gasteiger partial charge in [0.15, 0.2) is 0 Å². The lowest BCUT2D eigenvalue weighted by atomic mass is 10.0. The summed E-state index contributed by atoms with van der Waals surface area (Å²) in [6.07, 6.45) is -7.71. The summed E-state index contributed by atoms with van der Waals surface area (Å²) in [7, 11) is 0. The van der Waals surface area contributed by atoms with Crippen molar-refractivity contribution in [2.24, 2.45) is 0 Å². The SMILES string of the molecule is CC(C)Oc1ccc(F)cc1C(O)CC(F)(F)C(F)F. The third-order valence-corrected chi connectivity index (χ3v) is 2.48. The van der Waals surface area contributed by atoms with Gasteiger partial charge in [-0.3, -0.25) is 0 Å². The van der Waals surface area contributed by atoms with E-state index in [1.807, 2.05) is 0 Å². The van der Waals surface area contributed by atoms with Crippen LogP contribution in [0, 0.1) is 5.82 Å². The molecule has 0 fully saturated rings. The fourth-order valence-corrected chi connectivity index (χ4v) is 1.60. The summed E-state index contributed by atoms with van der Waals surface area (Å²) in [6.45, 7) is 3.29. The van der Waals surface area contributed by atoms with E-state index >= 15 is 0 Å². The first-order valence-corrected chi connectivity index (χ1v) is 5.93. The highest BCUT2D eigenvalue weighted by Gasteiger charge is 2.43. The Morgan fingerprint density at radius 3 is 2.35 bits per heavy atom. The lowest BCUT2D eigenvalue weighted by Gasteiger charge is -2.22. The quantitative estimate of drug-likeness (QED) is 0.806. The van der Waals surface area contributed by atoms with Crippen LogP contribution in [0.5, 0.6) is 5.75 Å². The van der Waals surface area contributed by atoms with Gasteiger partial charge in [-0.2, -0.15) is 0 Å². The second kappa shape index (κ2) is 6.39. The maximum Gasteiger partial charge on any atom is 0.310 e. The highest BCUT2D eigenvalue weighted by molar-refractivity contribution is 5.36. The minimum Gasteiger partial charge on any atom is -0.491 e. The van der Waals surface area contributed by atoms with E-state index in [1.54, 1.807) is 13.8 Å². The number of aliphatic hydroxyl groups is 1. The first-order chi connectivity index (χ1) is 9.13. The van der Waals surface area contributed by atoms with Gasteiger partial charge in [-0.15, -0.1) is 0 Å². The van der Waals surface area contributed by atoms with Crippen LogP contribution in [-0.4, -0.2) is 23.6 Å². The minimum absolute atomic E-state index is 0.0148. The average molecular weight is 298 g/mol. The van der Waals surface area contributed by atoms with Crippen LogP contribution in [0.3, 0.4) is 0 Å². The van der Waals surface area contributed by atoms with Gasteiger partial charge >= 0.3 is 12.3 Å². The summed E-state index contributed by atoms with van der Waals surface area (Å²) in [6, 6.07) is 2.98. The molecule has 1 N–H and O–H groups in total. The van der Waals surface area contributed by atoms with Gasteiger partial charge in [-0.1, -0.05) is 0 Å². The van der Waals surface area contributed by atoms with Crippen LogP contribution in [0.15, 0.2) is 18.2 Å². The minimum atomic E-state index is -4.36. The summed E-state index contributed by atoms with van der Waals surface area (Å²) in [5, 5.41) is 9.66. The first-order valence-electron chi connectivity index (χ1n) is 5.93. The van der Waals surface area contributed by atoms with Gasteiger partial charge < -0.3 is 9.84 Å². The first kappa shape index (κ1) is 16.7. The van der Waals surface area contributed by atoms with E-state index in [0.717, 1.165) is 18.2 Å². The van der Waals surface area contributed by atoms with Gasteiger partial charge in [-0.25, -0.2) is 22.0 Å². The summed E-state index contributed by atoms with van der Waals surface area (Å²) < 4.78 is 68.5. The molecule has 0 spiro atoms. The molecule has 0 aliphatic rings. The molecule has 0 heterocycles. The Balaban J connectivity index is 3.01. The third kappa shape index (κ3) is 4.33. The van der Waals surface area contributed by atoms with Crippen LogP contribution in [0.2, 0.25) is 0 Å². The number of hydrogen-bond acceptors (Lipinski definition) is 2. The standard InChI is InChI=1S/C13H15F5O2/c1-7(2)20-11-4-3-8(14)5-9(11)10(19)6-13(17,18)12(15)16/h3-5,7,10,12,19H,6H2,1-2H3. The van der Waals surface area contributed by atoms with Crippen LogP contribution in [0.4, 0.5) is 22.0 Å². The van der Waals surface area contributed by atoms with Crippen LogP contribution < -0.4 is 4.74 Å². The fourth-order valence-electron chi connectivity index (χ4n) is 1.60. The van der Waals surface area contributed by atoms with E-state index in [1.165, 1.54) is 0 Å². The Kier molecular flexibility index (Phi) is 5.33. The van der Waals surface area contributed by atoms with Gasteiger partial charge in [0.1, 0.15) is 11.6 Å². The Morgan fingerprint density at radius 1 is 1.25 bits per heavy atom. The predicted octanol–water partition coefficient (Wildman–Crippen LogP) is 3.94. The molecule has 1 rings (SSSR count). The summed E-state index contributed by atoms with van der Waals surface area (Å²) in [5.41, 5.74) is -0.279. The Bertz CT molecular complexity index is 448. The van der Waals surface area contributed by atoms with Crippen LogP contribution in [-0.2, 0) is 0 Å². The molecule has 1 aromatic carbocycles. The molecule has 2 nitrogen and oxygen atoms in total. The van der Waals surface area contributed by atoms with Crippen LogP contribution in [0.1, 0.15) is 31.9 Å². The van der Waals surface area contributed by atoms with Crippen molar-refractivity contribution in [3.63, 3.8) is 0 Å². The van der Waals surface area contributed by atoms with Crippen molar-refractivity contribution in [3.05, 3.63) is 29.6 Å². The Labute approximate surface area is 113 Å². The Hall–Kier alpha value is -1.37. The number of aliphatic hydroxyl groups excluding tert-OH is 1. The number of alkyl halides is 4. The van der Waals surface area contributed by atoms with Crippen LogP contribution >= 0.6 is 0 Å². The molecule has 20 heavy (non-hydrogen) atoms. The number of rotatable bonds is 6. The van der Waals surface area contributed by atoms with Crippen molar-refractivity contribution in [1.29, 1.82) is 0 Å². The summed E-state index contributed by atoms with van der Waals surface area (Å²) in [5.74, 6) is -5.16. The topological polar surface area (TPSA) is 29.5 Å². The lowest BCUT2D eigenvalue weighted by molar-refractivity contribution is -0.149. The third-order valence-electron chi connectivity index (χ3n) is 2.48. The van der Waals surface area contributed by atoms with Gasteiger partial charge in [0.05, 0.1) is 12.2 Å². The van der Waals surface area contributed by atoms with E-state index < -0.39 is 30.7 Å². The molecular weight excluding hydrogens is 283 g/mol. The summed E-state index contributed by atoms with van der Waals surface area (Å²) >= 11 is 0. The van der Waals surface area contributed by atoms with E-state index in [2.05, 4.69) is 0 Å². The molecule has 0 radical (unpaired) electrons. The predicted molar refractivity (Wildman–Crippen MR) is 62.7 cm³/mol. The molecule has 0 saturated carbocycles. The number of ether oxygens (including phenoxy) is 1. The molecule has 1 unspecified atom stereocenters. The summed E-state index contributed by atoms with van der Waals surface area (Å²) in [4.78, 5) is 0. The van der Waals surface area contributed by atoms with Crippen molar-refractivity contribution in [2.75, 3.05) is 0 Å². The largest absolute Gasteiger partial charge is 0.491 e. The Morgan fingerprint density at radius 2 is 1.85 bits per heavy atom. The molecule has 114 valence electrons. The zero-order chi connectivity index (χ0) is 15.5. The van der Waals surface area contributed by atoms with Gasteiger partial charge in [0.25, 0.3) is 0 Å². The number of halogens is 5. The molecule has 0 amide bonds. The fraction of sp³-hybridized carbons (Fsp3) is 0.538. The average Bonchev–Trinajstić information content (AvgIpc) is 2.30. The molecule has 0 aliphatic heterocycles. The molecule has 0 aliphatic carbocycles. The van der Waals surface area contributed by atoms with Gasteiger partial charge in [0, 0.05) is 12.0 Å². The van der Waals surface area contributed by atoms with E-state index in [0.29, 0.717) is 0 Å². The smallest absolute Gasteiger partial charge is 0.310 e. The van der Waals surface area contributed by atoms with Gasteiger partial charge in [-0.05, 0) is 32.0 Å². The zero-order valence-electron chi connectivity index (χ0n) is 10.9. The van der Waals surface area contributed by atoms with Gasteiger partial charge in [0.2, 0.25) is 0 Å². The van der Waals surface area contributed by atoms with Crippen molar-refractivity contribution >= 4 is 0 Å². The van der Waals surface area contributed by atoms with Crippen molar-refractivity contribution in [1.82, 2.24) is 0 Å². The molecule has 1 atom stereocenters. The van der Waals surface area contributed by atoms with Crippen LogP contribution in [0.25, 0.3) is 0 Å². The monoisotopic (exact) mass is 298 g/mol. The molecule has 7 heteroatoms. The lowest BCUT2D eigenvalue weighted by Crippen LogP contribution is -2.29. The molecule has 1 aromatic rings. The molecule has 0 saturated heterocycles. The second-order valence-electron chi connectivity index (χ2n) is 4.63. The highest BCUT2D eigenvalue weighted by atomic mass is 19.3. The maximum atomic E-state index is 13.1. The van der Waals surface area contributed by atoms with E-state index in [4.69, 9.17) is 4.74 Å². The normalized spacial score (nSPS) is 13.9. The number of benzene rings is 1. The number of hydrogen-bond donors (Lipinski definition) is 1. The zero-order valence-corrected chi connectivity index (χ0v) is 10.9. The molecule has 0 bridgehead atoms. The second-order valence-corrected chi connectivity index (χ2v) is 4.63. The maximum absolute atomic E-state index is 13.1. The van der Waals surface area contributed by atoms with E-state index in [9.17, 15) is 27.1 Å².